The molecule has 38 heavy (non-hydrogen) atoms. The quantitative estimate of drug-likeness (QED) is 0.202. The van der Waals surface area contributed by atoms with Crippen LogP contribution in [0.4, 0.5) is 0 Å². The second-order valence-corrected chi connectivity index (χ2v) is 12.6. The van der Waals surface area contributed by atoms with Crippen LogP contribution in [0, 0.1) is 0 Å². The molecule has 0 bridgehead atoms. The molecule has 6 nitrogen and oxygen atoms in total. The number of ether oxygens (including phenoxy) is 1. The van der Waals surface area contributed by atoms with Crippen LogP contribution in [0.2, 0.25) is 6.32 Å². The maximum atomic E-state index is 13.1. The van der Waals surface area contributed by atoms with Crippen molar-refractivity contribution in [2.24, 2.45) is 0 Å². The maximum absolute atomic E-state index is 13.1. The van der Waals surface area contributed by atoms with Gasteiger partial charge in [-0.1, -0.05) is 64.5 Å². The van der Waals surface area contributed by atoms with Gasteiger partial charge in [0.25, 0.3) is 0 Å². The Morgan fingerprint density at radius 2 is 1.79 bits per heavy atom. The van der Waals surface area contributed by atoms with E-state index in [-0.39, 0.29) is 24.4 Å². The monoisotopic (exact) mass is 594 g/mol. The molecule has 9 heteroatoms. The zero-order valence-electron chi connectivity index (χ0n) is 20.7. The summed E-state index contributed by atoms with van der Waals surface area (Å²) < 4.78 is 38.9. The lowest BCUT2D eigenvalue weighted by Crippen LogP contribution is -2.42. The first-order valence-corrected chi connectivity index (χ1v) is 15.0. The predicted molar refractivity (Wildman–Crippen MR) is 154 cm³/mol. The first-order chi connectivity index (χ1) is 18.3. The number of benzene rings is 3. The summed E-state index contributed by atoms with van der Waals surface area (Å²) in [6.45, 7) is 0.151. The van der Waals surface area contributed by atoms with Gasteiger partial charge in [-0.2, -0.15) is 0 Å². The van der Waals surface area contributed by atoms with Crippen LogP contribution in [0.1, 0.15) is 24.0 Å². The molecule has 3 aromatic carbocycles. The van der Waals surface area contributed by atoms with Crippen LogP contribution in [0.3, 0.4) is 0 Å². The Bertz CT molecular complexity index is 1460. The standard InChI is InChI=1S/C29H28BBrO6S/c31-24-12-13-26(32)22(16-24)15-21(20-7-3-1-4-8-20)11-14-27-29-23(18-36-25-9-5-2-6-10-25)19-38(34,35)28(29)17-30(33)37-27/h1-10,12-13,15-16,27-28,32-33H,11,14,17-19H2/b21-15-/t27-,28+/m1/s1. The Balaban J connectivity index is 1.45. The molecule has 2 N–H and O–H groups in total. The number of halogens is 1. The SMILES string of the molecule is O=S1(=O)CC(COc2ccccc2)=C2[C@@H](CC/C(=C/c3cc(Br)ccc3O)c3ccccc3)OB(O)C[C@@H]21. The number of rotatable bonds is 8. The number of hydrogen-bond acceptors (Lipinski definition) is 6. The van der Waals surface area contributed by atoms with Crippen molar-refractivity contribution in [3.8, 4) is 11.5 Å². The Kier molecular flexibility index (Phi) is 8.09. The topological polar surface area (TPSA) is 93.1 Å². The molecule has 2 aliphatic heterocycles. The highest BCUT2D eigenvalue weighted by atomic mass is 79.9. The van der Waals surface area contributed by atoms with Gasteiger partial charge in [-0.05, 0) is 71.5 Å². The van der Waals surface area contributed by atoms with Gasteiger partial charge in [0.2, 0.25) is 0 Å². The fourth-order valence-corrected chi connectivity index (χ4v) is 7.64. The minimum absolute atomic E-state index is 0.0241. The molecule has 0 aromatic heterocycles. The number of phenols is 1. The Morgan fingerprint density at radius 1 is 1.08 bits per heavy atom. The van der Waals surface area contributed by atoms with E-state index in [1.807, 2.05) is 72.8 Å². The minimum atomic E-state index is -3.46. The highest BCUT2D eigenvalue weighted by Gasteiger charge is 2.48. The van der Waals surface area contributed by atoms with Crippen LogP contribution in [0.15, 0.2) is 94.5 Å². The molecule has 0 amide bonds. The summed E-state index contributed by atoms with van der Waals surface area (Å²) in [6, 6.07) is 24.4. The van der Waals surface area contributed by atoms with Crippen LogP contribution < -0.4 is 4.74 Å². The molecular formula is C29H28BBrO6S. The number of para-hydroxylation sites is 1. The number of fused-ring (bicyclic) bond motifs is 1. The molecule has 1 fully saturated rings. The van der Waals surface area contributed by atoms with Crippen molar-refractivity contribution in [2.75, 3.05) is 12.4 Å². The molecule has 2 heterocycles. The molecule has 0 saturated carbocycles. The van der Waals surface area contributed by atoms with Crippen molar-refractivity contribution in [2.45, 2.75) is 30.5 Å². The zero-order valence-corrected chi connectivity index (χ0v) is 23.1. The summed E-state index contributed by atoms with van der Waals surface area (Å²) in [6.07, 6.45) is 2.39. The first-order valence-electron chi connectivity index (χ1n) is 12.5. The van der Waals surface area contributed by atoms with Gasteiger partial charge in [0, 0.05) is 16.4 Å². The summed E-state index contributed by atoms with van der Waals surface area (Å²) in [5.41, 5.74) is 4.03. The highest BCUT2D eigenvalue weighted by molar-refractivity contribution is 9.10. The van der Waals surface area contributed by atoms with E-state index < -0.39 is 28.3 Å². The van der Waals surface area contributed by atoms with E-state index in [4.69, 9.17) is 9.39 Å². The summed E-state index contributed by atoms with van der Waals surface area (Å²) in [4.78, 5) is 0. The molecule has 1 saturated heterocycles. The average Bonchev–Trinajstić information content (AvgIpc) is 3.17. The fourth-order valence-electron chi connectivity index (χ4n) is 5.16. The van der Waals surface area contributed by atoms with E-state index in [9.17, 15) is 18.5 Å². The number of sulfone groups is 1. The van der Waals surface area contributed by atoms with Gasteiger partial charge < -0.3 is 19.5 Å². The van der Waals surface area contributed by atoms with Crippen molar-refractivity contribution in [1.29, 1.82) is 0 Å². The van der Waals surface area contributed by atoms with Crippen LogP contribution in [0.5, 0.6) is 11.5 Å². The average molecular weight is 595 g/mol. The van der Waals surface area contributed by atoms with Crippen molar-refractivity contribution in [3.05, 3.63) is 106 Å². The molecule has 2 aliphatic rings. The molecule has 5 rings (SSSR count). The predicted octanol–water partition coefficient (Wildman–Crippen LogP) is 5.53. The van der Waals surface area contributed by atoms with Crippen LogP contribution in [0.25, 0.3) is 11.6 Å². The van der Waals surface area contributed by atoms with Crippen LogP contribution in [-0.2, 0) is 14.5 Å². The van der Waals surface area contributed by atoms with Crippen molar-refractivity contribution >= 4 is 44.5 Å². The Morgan fingerprint density at radius 3 is 2.53 bits per heavy atom. The number of hydrogen-bond donors (Lipinski definition) is 2. The largest absolute Gasteiger partial charge is 0.507 e. The highest BCUT2D eigenvalue weighted by Crippen LogP contribution is 2.40. The maximum Gasteiger partial charge on any atom is 0.456 e. The third kappa shape index (κ3) is 6.07. The molecule has 3 aromatic rings. The van der Waals surface area contributed by atoms with Gasteiger partial charge in [0.1, 0.15) is 18.1 Å². The van der Waals surface area contributed by atoms with E-state index in [1.165, 1.54) is 0 Å². The number of allylic oxidation sites excluding steroid dienone is 1. The summed E-state index contributed by atoms with van der Waals surface area (Å²) in [7, 11) is -4.62. The van der Waals surface area contributed by atoms with E-state index in [2.05, 4.69) is 15.9 Å². The number of aromatic hydroxyl groups is 1. The van der Waals surface area contributed by atoms with Crippen molar-refractivity contribution in [3.63, 3.8) is 0 Å². The Labute approximate surface area is 231 Å². The summed E-state index contributed by atoms with van der Waals surface area (Å²) in [5, 5.41) is 20.1. The van der Waals surface area contributed by atoms with Gasteiger partial charge in [-0.3, -0.25) is 0 Å². The molecule has 196 valence electrons. The van der Waals surface area contributed by atoms with E-state index in [0.717, 1.165) is 15.6 Å². The molecular weight excluding hydrogens is 567 g/mol. The molecule has 0 radical (unpaired) electrons. The lowest BCUT2D eigenvalue weighted by Gasteiger charge is -2.32. The molecule has 0 aliphatic carbocycles. The molecule has 0 unspecified atom stereocenters. The summed E-state index contributed by atoms with van der Waals surface area (Å²) >= 11 is 3.47. The number of phenolic OH excluding ortho intramolecular Hbond substituents is 1. The van der Waals surface area contributed by atoms with Gasteiger partial charge in [0.05, 0.1) is 17.1 Å². The van der Waals surface area contributed by atoms with E-state index in [1.54, 1.807) is 12.1 Å². The third-order valence-corrected chi connectivity index (χ3v) is 9.50. The minimum Gasteiger partial charge on any atom is -0.507 e. The second kappa shape index (κ2) is 11.5. The Hall–Kier alpha value is -2.85. The van der Waals surface area contributed by atoms with Gasteiger partial charge in [-0.25, -0.2) is 8.42 Å². The van der Waals surface area contributed by atoms with Crippen LogP contribution >= 0.6 is 15.9 Å². The molecule has 2 atom stereocenters. The van der Waals surface area contributed by atoms with Gasteiger partial charge in [0.15, 0.2) is 9.84 Å². The fraction of sp³-hybridized carbons (Fsp3) is 0.241. The lowest BCUT2D eigenvalue weighted by molar-refractivity contribution is 0.170. The normalized spacial score (nSPS) is 20.9. The lowest BCUT2D eigenvalue weighted by atomic mass is 9.74. The van der Waals surface area contributed by atoms with Crippen molar-refractivity contribution in [1.82, 2.24) is 0 Å². The molecule has 0 spiro atoms. The van der Waals surface area contributed by atoms with Gasteiger partial charge in [-0.15, -0.1) is 0 Å². The third-order valence-electron chi connectivity index (χ3n) is 6.94. The zero-order chi connectivity index (χ0) is 26.7. The van der Waals surface area contributed by atoms with E-state index >= 15 is 0 Å². The van der Waals surface area contributed by atoms with E-state index in [0.29, 0.717) is 35.3 Å². The smallest absolute Gasteiger partial charge is 0.456 e. The first kappa shape index (κ1) is 26.7. The van der Waals surface area contributed by atoms with Gasteiger partial charge >= 0.3 is 7.12 Å². The van der Waals surface area contributed by atoms with Crippen LogP contribution in [-0.4, -0.2) is 49.4 Å². The summed E-state index contributed by atoms with van der Waals surface area (Å²) in [5.74, 6) is 0.730. The second-order valence-electron chi connectivity index (χ2n) is 9.55. The van der Waals surface area contributed by atoms with Crippen molar-refractivity contribution < 1.29 is 27.9 Å².